The Morgan fingerprint density at radius 3 is 2.53 bits per heavy atom. The minimum Gasteiger partial charge on any atom is -0.0882 e. The van der Waals surface area contributed by atoms with Crippen LogP contribution in [0.15, 0.2) is 12.2 Å². The number of hydrogen-bond donors (Lipinski definition) is 0. The fraction of sp³-hybridized carbons (Fsp3) is 0.867. The van der Waals surface area contributed by atoms with Gasteiger partial charge in [-0.3, -0.25) is 0 Å². The third kappa shape index (κ3) is 5.39. The van der Waals surface area contributed by atoms with Crippen molar-refractivity contribution in [3.8, 4) is 0 Å². The molecule has 1 rings (SSSR count). The van der Waals surface area contributed by atoms with E-state index in [-0.39, 0.29) is 0 Å². The zero-order valence-corrected chi connectivity index (χ0v) is 10.7. The van der Waals surface area contributed by atoms with Crippen LogP contribution in [0.3, 0.4) is 0 Å². The lowest BCUT2D eigenvalue weighted by Crippen LogP contribution is -1.98. The monoisotopic (exact) mass is 208 g/mol. The van der Waals surface area contributed by atoms with Gasteiger partial charge in [0.1, 0.15) is 0 Å². The van der Waals surface area contributed by atoms with E-state index in [2.05, 4.69) is 26.0 Å². The van der Waals surface area contributed by atoms with Crippen LogP contribution in [0.5, 0.6) is 0 Å². The molecule has 0 nitrogen and oxygen atoms in total. The van der Waals surface area contributed by atoms with Crippen molar-refractivity contribution in [2.75, 3.05) is 0 Å². The average molecular weight is 208 g/mol. The molecule has 0 aromatic heterocycles. The van der Waals surface area contributed by atoms with E-state index in [1.54, 1.807) is 0 Å². The smallest absolute Gasteiger partial charge is 0.0208 e. The minimum absolute atomic E-state index is 0.903. The summed E-state index contributed by atoms with van der Waals surface area (Å²) in [5, 5.41) is 0. The topological polar surface area (TPSA) is 0 Å². The van der Waals surface area contributed by atoms with Crippen molar-refractivity contribution in [1.29, 1.82) is 0 Å². The Morgan fingerprint density at radius 1 is 1.07 bits per heavy atom. The highest BCUT2D eigenvalue weighted by Gasteiger charge is 2.19. The molecular weight excluding hydrogens is 180 g/mol. The molecule has 1 aliphatic rings. The first-order valence-electron chi connectivity index (χ1n) is 7.01. The van der Waals surface area contributed by atoms with Gasteiger partial charge in [0.15, 0.2) is 0 Å². The van der Waals surface area contributed by atoms with Crippen LogP contribution in [-0.2, 0) is 0 Å². The van der Waals surface area contributed by atoms with Crippen molar-refractivity contribution >= 4 is 0 Å². The van der Waals surface area contributed by atoms with E-state index >= 15 is 0 Å². The van der Waals surface area contributed by atoms with Crippen LogP contribution in [0.4, 0.5) is 0 Å². The molecule has 0 radical (unpaired) electrons. The van der Waals surface area contributed by atoms with Crippen molar-refractivity contribution in [2.24, 2.45) is 11.8 Å². The zero-order valence-electron chi connectivity index (χ0n) is 10.7. The molecule has 0 bridgehead atoms. The van der Waals surface area contributed by atoms with Gasteiger partial charge < -0.3 is 0 Å². The lowest BCUT2D eigenvalue weighted by atomic mass is 9.97. The maximum atomic E-state index is 2.50. The van der Waals surface area contributed by atoms with Crippen LogP contribution < -0.4 is 0 Å². The summed E-state index contributed by atoms with van der Waals surface area (Å²) in [4.78, 5) is 0. The first-order valence-corrected chi connectivity index (χ1v) is 7.01. The quantitative estimate of drug-likeness (QED) is 0.391. The standard InChI is InChI=1S/C15H28/c1-3-4-5-6-7-8-9-12-15-13-10-11-14(15)2/h9,12,14-15H,3-8,10-11,13H2,1-2H3/b12-9+/t14-,15?/m0/s1. The predicted octanol–water partition coefficient (Wildman–Crippen LogP) is 5.34. The van der Waals surface area contributed by atoms with Crippen molar-refractivity contribution in [2.45, 2.75) is 71.6 Å². The van der Waals surface area contributed by atoms with Crippen LogP contribution in [-0.4, -0.2) is 0 Å². The Labute approximate surface area is 96.2 Å². The molecule has 0 heterocycles. The summed E-state index contributed by atoms with van der Waals surface area (Å²) in [5.41, 5.74) is 0. The van der Waals surface area contributed by atoms with Gasteiger partial charge in [0.05, 0.1) is 0 Å². The van der Waals surface area contributed by atoms with E-state index < -0.39 is 0 Å². The Kier molecular flexibility index (Phi) is 6.80. The van der Waals surface area contributed by atoms with Gasteiger partial charge >= 0.3 is 0 Å². The highest BCUT2D eigenvalue weighted by Crippen LogP contribution is 2.32. The molecule has 2 atom stereocenters. The summed E-state index contributed by atoms with van der Waals surface area (Å²) >= 11 is 0. The molecule has 0 amide bonds. The van der Waals surface area contributed by atoms with Gasteiger partial charge in [-0.1, -0.05) is 64.5 Å². The fourth-order valence-electron chi connectivity index (χ4n) is 2.60. The average Bonchev–Trinajstić information content (AvgIpc) is 2.63. The van der Waals surface area contributed by atoms with E-state index in [0.29, 0.717) is 0 Å². The lowest BCUT2D eigenvalue weighted by Gasteiger charge is -2.08. The number of rotatable bonds is 7. The fourth-order valence-corrected chi connectivity index (χ4v) is 2.60. The van der Waals surface area contributed by atoms with E-state index in [4.69, 9.17) is 0 Å². The Bertz CT molecular complexity index is 169. The van der Waals surface area contributed by atoms with Gasteiger partial charge in [0.25, 0.3) is 0 Å². The second-order valence-electron chi connectivity index (χ2n) is 5.20. The second kappa shape index (κ2) is 7.96. The predicted molar refractivity (Wildman–Crippen MR) is 69.0 cm³/mol. The first kappa shape index (κ1) is 12.8. The van der Waals surface area contributed by atoms with Crippen molar-refractivity contribution in [1.82, 2.24) is 0 Å². The highest BCUT2D eigenvalue weighted by molar-refractivity contribution is 4.93. The van der Waals surface area contributed by atoms with Gasteiger partial charge in [-0.25, -0.2) is 0 Å². The van der Waals surface area contributed by atoms with Crippen molar-refractivity contribution < 1.29 is 0 Å². The molecule has 1 fully saturated rings. The molecule has 0 aliphatic heterocycles. The van der Waals surface area contributed by atoms with Gasteiger partial charge in [0.2, 0.25) is 0 Å². The summed E-state index contributed by atoms with van der Waals surface area (Å²) in [7, 11) is 0. The van der Waals surface area contributed by atoms with Gasteiger partial charge in [-0.05, 0) is 31.1 Å². The number of unbranched alkanes of at least 4 members (excludes halogenated alkanes) is 5. The maximum Gasteiger partial charge on any atom is -0.0208 e. The van der Waals surface area contributed by atoms with Crippen molar-refractivity contribution in [3.63, 3.8) is 0 Å². The largest absolute Gasteiger partial charge is 0.0882 e. The van der Waals surface area contributed by atoms with Crippen LogP contribution in [0, 0.1) is 11.8 Å². The van der Waals surface area contributed by atoms with E-state index in [0.717, 1.165) is 11.8 Å². The van der Waals surface area contributed by atoms with Gasteiger partial charge in [-0.2, -0.15) is 0 Å². The Hall–Kier alpha value is -0.260. The molecule has 0 heteroatoms. The number of hydrogen-bond acceptors (Lipinski definition) is 0. The summed E-state index contributed by atoms with van der Waals surface area (Å²) in [6.45, 7) is 4.69. The van der Waals surface area contributed by atoms with E-state index in [9.17, 15) is 0 Å². The SMILES string of the molecule is CCCCCCC/C=C/C1CCC[C@@H]1C. The summed E-state index contributed by atoms with van der Waals surface area (Å²) in [6.07, 6.45) is 17.6. The third-order valence-electron chi connectivity index (χ3n) is 3.79. The molecule has 1 saturated carbocycles. The molecular formula is C15H28. The zero-order chi connectivity index (χ0) is 10.9. The molecule has 0 aromatic carbocycles. The Morgan fingerprint density at radius 2 is 1.87 bits per heavy atom. The molecule has 0 N–H and O–H groups in total. The van der Waals surface area contributed by atoms with Crippen LogP contribution in [0.25, 0.3) is 0 Å². The summed E-state index contributed by atoms with van der Waals surface area (Å²) in [5.74, 6) is 1.85. The van der Waals surface area contributed by atoms with Gasteiger partial charge in [-0.15, -0.1) is 0 Å². The summed E-state index contributed by atoms with van der Waals surface area (Å²) < 4.78 is 0. The molecule has 0 spiro atoms. The lowest BCUT2D eigenvalue weighted by molar-refractivity contribution is 0.502. The van der Waals surface area contributed by atoms with Crippen LogP contribution in [0.1, 0.15) is 71.6 Å². The molecule has 88 valence electrons. The first-order chi connectivity index (χ1) is 7.34. The minimum atomic E-state index is 0.903. The molecule has 0 aromatic rings. The number of allylic oxidation sites excluding steroid dienone is 2. The molecule has 15 heavy (non-hydrogen) atoms. The highest BCUT2D eigenvalue weighted by atomic mass is 14.2. The molecule has 1 unspecified atom stereocenters. The Balaban J connectivity index is 1.96. The van der Waals surface area contributed by atoms with Gasteiger partial charge in [0, 0.05) is 0 Å². The normalized spacial score (nSPS) is 26.5. The molecule has 1 aliphatic carbocycles. The molecule has 0 saturated heterocycles. The van der Waals surface area contributed by atoms with Crippen molar-refractivity contribution in [3.05, 3.63) is 12.2 Å². The maximum absolute atomic E-state index is 2.50. The van der Waals surface area contributed by atoms with E-state index in [1.807, 2.05) is 0 Å². The summed E-state index contributed by atoms with van der Waals surface area (Å²) in [6, 6.07) is 0. The second-order valence-corrected chi connectivity index (χ2v) is 5.20. The van der Waals surface area contributed by atoms with Crippen LogP contribution >= 0.6 is 0 Å². The van der Waals surface area contributed by atoms with Crippen LogP contribution in [0.2, 0.25) is 0 Å². The third-order valence-corrected chi connectivity index (χ3v) is 3.79. The van der Waals surface area contributed by atoms with E-state index in [1.165, 1.54) is 57.8 Å².